The van der Waals surface area contributed by atoms with Crippen LogP contribution in [-0.2, 0) is 6.42 Å². The number of nitrogens with one attached hydrogen (secondary N) is 1. The molecule has 2 aliphatic heterocycles. The van der Waals surface area contributed by atoms with E-state index in [4.69, 9.17) is 4.98 Å². The van der Waals surface area contributed by atoms with Crippen LogP contribution in [0.25, 0.3) is 0 Å². The Morgan fingerprint density at radius 2 is 1.95 bits per heavy atom. The van der Waals surface area contributed by atoms with Gasteiger partial charge in [-0.3, -0.25) is 0 Å². The molecule has 110 valence electrons. The highest BCUT2D eigenvalue weighted by Gasteiger charge is 2.41. The molecule has 2 atom stereocenters. The maximum absolute atomic E-state index is 9.92. The second-order valence-electron chi connectivity index (χ2n) is 5.83. The molecule has 3 rings (SSSR count). The molecule has 2 fully saturated rings. The molecule has 0 radical (unpaired) electrons. The fraction of sp³-hybridized carbons (Fsp3) is 0.733. The summed E-state index contributed by atoms with van der Waals surface area (Å²) in [5, 5.41) is 13.2. The van der Waals surface area contributed by atoms with Crippen LogP contribution in [0, 0.1) is 0 Å². The van der Waals surface area contributed by atoms with Gasteiger partial charge in [-0.05, 0) is 32.6 Å². The third-order valence-electron chi connectivity index (χ3n) is 4.41. The van der Waals surface area contributed by atoms with Gasteiger partial charge in [-0.15, -0.1) is 0 Å². The number of hydrogen-bond donors (Lipinski definition) is 2. The fourth-order valence-corrected chi connectivity index (χ4v) is 3.57. The van der Waals surface area contributed by atoms with Crippen LogP contribution < -0.4 is 10.2 Å². The third kappa shape index (κ3) is 2.46. The first-order valence-corrected chi connectivity index (χ1v) is 7.79. The van der Waals surface area contributed by atoms with E-state index in [1.54, 1.807) is 0 Å². The summed E-state index contributed by atoms with van der Waals surface area (Å²) in [6.07, 6.45) is 4.80. The molecule has 2 N–H and O–H groups in total. The summed E-state index contributed by atoms with van der Waals surface area (Å²) in [6.45, 7) is 5.03. The SMILES string of the molecule is CCNc1cc(N2C3CCC2CC(O)C3)nc(CC)n1. The smallest absolute Gasteiger partial charge is 0.134 e. The maximum atomic E-state index is 9.92. The standard InChI is InChI=1S/C15H24N4O/c1-3-13-17-14(16-4-2)9-15(18-13)19-10-5-6-11(19)8-12(20)7-10/h9-12,20H,3-8H2,1-2H3,(H,16,17,18). The van der Waals surface area contributed by atoms with Crippen LogP contribution in [0.15, 0.2) is 6.07 Å². The van der Waals surface area contributed by atoms with Crippen LogP contribution in [0.5, 0.6) is 0 Å². The summed E-state index contributed by atoms with van der Waals surface area (Å²) in [5.41, 5.74) is 0. The topological polar surface area (TPSA) is 61.3 Å². The van der Waals surface area contributed by atoms with Crippen molar-refractivity contribution >= 4 is 11.6 Å². The molecule has 1 aromatic rings. The van der Waals surface area contributed by atoms with Gasteiger partial charge in [-0.2, -0.15) is 0 Å². The first kappa shape index (κ1) is 13.6. The molecule has 20 heavy (non-hydrogen) atoms. The quantitative estimate of drug-likeness (QED) is 0.880. The largest absolute Gasteiger partial charge is 0.393 e. The number of nitrogens with zero attached hydrogens (tertiary/aromatic N) is 3. The van der Waals surface area contributed by atoms with Crippen molar-refractivity contribution in [1.82, 2.24) is 9.97 Å². The van der Waals surface area contributed by atoms with E-state index < -0.39 is 0 Å². The first-order valence-electron chi connectivity index (χ1n) is 7.79. The molecule has 2 aliphatic rings. The second-order valence-corrected chi connectivity index (χ2v) is 5.83. The monoisotopic (exact) mass is 276 g/mol. The van der Waals surface area contributed by atoms with Crippen molar-refractivity contribution in [2.24, 2.45) is 0 Å². The highest BCUT2D eigenvalue weighted by Crippen LogP contribution is 2.39. The van der Waals surface area contributed by atoms with Gasteiger partial charge in [0.15, 0.2) is 0 Å². The van der Waals surface area contributed by atoms with Gasteiger partial charge < -0.3 is 15.3 Å². The van der Waals surface area contributed by atoms with Crippen LogP contribution >= 0.6 is 0 Å². The van der Waals surface area contributed by atoms with Crippen molar-refractivity contribution in [1.29, 1.82) is 0 Å². The minimum atomic E-state index is -0.135. The van der Waals surface area contributed by atoms with Gasteiger partial charge in [0, 0.05) is 31.1 Å². The van der Waals surface area contributed by atoms with Crippen LogP contribution in [0.2, 0.25) is 0 Å². The van der Waals surface area contributed by atoms with E-state index in [1.807, 2.05) is 0 Å². The lowest BCUT2D eigenvalue weighted by atomic mass is 10.00. The number of aliphatic hydroxyl groups is 1. The molecule has 2 bridgehead atoms. The predicted molar refractivity (Wildman–Crippen MR) is 80.1 cm³/mol. The van der Waals surface area contributed by atoms with Crippen molar-refractivity contribution in [3.8, 4) is 0 Å². The van der Waals surface area contributed by atoms with Crippen LogP contribution in [0.4, 0.5) is 11.6 Å². The van der Waals surface area contributed by atoms with Crippen LogP contribution in [0.3, 0.4) is 0 Å². The molecule has 5 nitrogen and oxygen atoms in total. The van der Waals surface area contributed by atoms with Gasteiger partial charge in [0.2, 0.25) is 0 Å². The summed E-state index contributed by atoms with van der Waals surface area (Å²) < 4.78 is 0. The number of piperidine rings is 1. The molecule has 0 amide bonds. The van der Waals surface area contributed by atoms with E-state index in [9.17, 15) is 5.11 Å². The average Bonchev–Trinajstić information content (AvgIpc) is 2.71. The fourth-order valence-electron chi connectivity index (χ4n) is 3.57. The molecule has 2 unspecified atom stereocenters. The van der Waals surface area contributed by atoms with Gasteiger partial charge in [0.1, 0.15) is 17.5 Å². The lowest BCUT2D eigenvalue weighted by Crippen LogP contribution is -2.45. The number of aliphatic hydroxyl groups excluding tert-OH is 1. The molecular weight excluding hydrogens is 252 g/mol. The van der Waals surface area contributed by atoms with Crippen molar-refractivity contribution in [2.75, 3.05) is 16.8 Å². The van der Waals surface area contributed by atoms with Crippen molar-refractivity contribution in [3.05, 3.63) is 11.9 Å². The van der Waals surface area contributed by atoms with Crippen molar-refractivity contribution in [3.63, 3.8) is 0 Å². The molecule has 5 heteroatoms. The summed E-state index contributed by atoms with van der Waals surface area (Å²) in [5.74, 6) is 2.84. The molecule has 0 aromatic carbocycles. The van der Waals surface area contributed by atoms with Crippen molar-refractivity contribution in [2.45, 2.75) is 64.1 Å². The van der Waals surface area contributed by atoms with Gasteiger partial charge >= 0.3 is 0 Å². The summed E-state index contributed by atoms with van der Waals surface area (Å²) >= 11 is 0. The molecular formula is C15H24N4O. The zero-order valence-corrected chi connectivity index (χ0v) is 12.3. The van der Waals surface area contributed by atoms with E-state index in [0.29, 0.717) is 12.1 Å². The number of anilines is 2. The van der Waals surface area contributed by atoms with Crippen LogP contribution in [0.1, 0.15) is 45.4 Å². The highest BCUT2D eigenvalue weighted by atomic mass is 16.3. The molecule has 1 aromatic heterocycles. The lowest BCUT2D eigenvalue weighted by molar-refractivity contribution is 0.126. The van der Waals surface area contributed by atoms with Crippen molar-refractivity contribution < 1.29 is 5.11 Å². The zero-order chi connectivity index (χ0) is 14.1. The Morgan fingerprint density at radius 1 is 1.25 bits per heavy atom. The molecule has 2 saturated heterocycles. The van der Waals surface area contributed by atoms with E-state index in [2.05, 4.69) is 35.1 Å². The molecule has 3 heterocycles. The Balaban J connectivity index is 1.91. The normalized spacial score (nSPS) is 28.8. The average molecular weight is 276 g/mol. The van der Waals surface area contributed by atoms with E-state index in [0.717, 1.165) is 43.3 Å². The predicted octanol–water partition coefficient (Wildman–Crippen LogP) is 1.96. The van der Waals surface area contributed by atoms with E-state index in [1.165, 1.54) is 12.8 Å². The number of fused-ring (bicyclic) bond motifs is 2. The van der Waals surface area contributed by atoms with Gasteiger partial charge in [-0.25, -0.2) is 9.97 Å². The molecule has 0 saturated carbocycles. The Labute approximate surface area is 120 Å². The van der Waals surface area contributed by atoms with Gasteiger partial charge in [0.05, 0.1) is 6.10 Å². The second kappa shape index (κ2) is 5.56. The Morgan fingerprint density at radius 3 is 2.55 bits per heavy atom. The van der Waals surface area contributed by atoms with E-state index in [-0.39, 0.29) is 6.10 Å². The number of aromatic nitrogens is 2. The summed E-state index contributed by atoms with van der Waals surface area (Å²) in [7, 11) is 0. The Hall–Kier alpha value is -1.36. The number of hydrogen-bond acceptors (Lipinski definition) is 5. The van der Waals surface area contributed by atoms with Crippen LogP contribution in [-0.4, -0.2) is 39.8 Å². The maximum Gasteiger partial charge on any atom is 0.134 e. The van der Waals surface area contributed by atoms with Gasteiger partial charge in [-0.1, -0.05) is 6.92 Å². The van der Waals surface area contributed by atoms with Gasteiger partial charge in [0.25, 0.3) is 0 Å². The summed E-state index contributed by atoms with van der Waals surface area (Å²) in [6, 6.07) is 2.95. The minimum absolute atomic E-state index is 0.135. The minimum Gasteiger partial charge on any atom is -0.393 e. The summed E-state index contributed by atoms with van der Waals surface area (Å²) in [4.78, 5) is 11.7. The number of rotatable bonds is 4. The lowest BCUT2D eigenvalue weighted by Gasteiger charge is -2.38. The Kier molecular flexibility index (Phi) is 3.78. The third-order valence-corrected chi connectivity index (χ3v) is 4.41. The molecule has 0 spiro atoms. The number of aryl methyl sites for hydroxylation is 1. The molecule has 0 aliphatic carbocycles. The first-order chi connectivity index (χ1) is 9.71. The highest BCUT2D eigenvalue weighted by molar-refractivity contribution is 5.52. The zero-order valence-electron chi connectivity index (χ0n) is 12.3. The Bertz CT molecular complexity index is 465. The van der Waals surface area contributed by atoms with E-state index >= 15 is 0 Å².